The van der Waals surface area contributed by atoms with Crippen molar-refractivity contribution < 1.29 is 17.5 Å². The highest BCUT2D eigenvalue weighted by molar-refractivity contribution is 7.92. The minimum atomic E-state index is -4.10. The summed E-state index contributed by atoms with van der Waals surface area (Å²) < 4.78 is 44.7. The van der Waals surface area contributed by atoms with Crippen LogP contribution in [0.3, 0.4) is 0 Å². The topological polar surface area (TPSA) is 107 Å². The van der Waals surface area contributed by atoms with Crippen LogP contribution in [-0.2, 0) is 10.0 Å². The number of anilines is 2. The molecule has 0 saturated carbocycles. The van der Waals surface area contributed by atoms with Crippen LogP contribution in [0, 0.1) is 12.7 Å². The monoisotopic (exact) mass is 312 g/mol. The Morgan fingerprint density at radius 1 is 1.29 bits per heavy atom. The second kappa shape index (κ2) is 5.52. The second-order valence-corrected chi connectivity index (χ2v) is 5.81. The average molecular weight is 312 g/mol. The molecule has 7 nitrogen and oxygen atoms in total. The van der Waals surface area contributed by atoms with Gasteiger partial charge in [0.15, 0.2) is 0 Å². The van der Waals surface area contributed by atoms with Gasteiger partial charge in [-0.1, -0.05) is 0 Å². The largest absolute Gasteiger partial charge is 0.481 e. The Morgan fingerprint density at radius 3 is 2.67 bits per heavy atom. The van der Waals surface area contributed by atoms with Crippen LogP contribution in [0.2, 0.25) is 0 Å². The Morgan fingerprint density at radius 2 is 2.00 bits per heavy atom. The molecule has 0 aliphatic rings. The smallest absolute Gasteiger partial charge is 0.266 e. The van der Waals surface area contributed by atoms with Crippen molar-refractivity contribution in [1.82, 2.24) is 9.97 Å². The first-order chi connectivity index (χ1) is 9.81. The first-order valence-electron chi connectivity index (χ1n) is 5.79. The molecule has 0 spiro atoms. The summed E-state index contributed by atoms with van der Waals surface area (Å²) in [5, 5.41) is 0. The van der Waals surface area contributed by atoms with Crippen LogP contribution in [0.1, 0.15) is 5.69 Å². The lowest BCUT2D eigenvalue weighted by Crippen LogP contribution is -2.17. The summed E-state index contributed by atoms with van der Waals surface area (Å²) in [7, 11) is -2.71. The summed E-state index contributed by atoms with van der Waals surface area (Å²) in [4.78, 5) is 7.40. The van der Waals surface area contributed by atoms with Gasteiger partial charge in [0.2, 0.25) is 11.8 Å². The van der Waals surface area contributed by atoms with Gasteiger partial charge in [-0.05, 0) is 25.1 Å². The normalized spacial score (nSPS) is 11.2. The summed E-state index contributed by atoms with van der Waals surface area (Å²) in [6.07, 6.45) is 0. The highest BCUT2D eigenvalue weighted by atomic mass is 32.2. The molecule has 2 rings (SSSR count). The molecule has 0 aliphatic heterocycles. The molecule has 0 bridgehead atoms. The van der Waals surface area contributed by atoms with E-state index in [4.69, 9.17) is 10.5 Å². The van der Waals surface area contributed by atoms with Crippen molar-refractivity contribution in [1.29, 1.82) is 0 Å². The van der Waals surface area contributed by atoms with E-state index < -0.39 is 15.8 Å². The Bertz CT molecular complexity index is 780. The third-order valence-electron chi connectivity index (χ3n) is 2.53. The number of rotatable bonds is 4. The number of hydrogen-bond acceptors (Lipinski definition) is 6. The van der Waals surface area contributed by atoms with Gasteiger partial charge in [-0.2, -0.15) is 4.98 Å². The predicted molar refractivity (Wildman–Crippen MR) is 74.9 cm³/mol. The van der Waals surface area contributed by atoms with Crippen molar-refractivity contribution in [2.45, 2.75) is 11.8 Å². The fourth-order valence-electron chi connectivity index (χ4n) is 1.61. The third kappa shape index (κ3) is 3.37. The maximum atomic E-state index is 13.2. The molecule has 3 N–H and O–H groups in total. The number of nitrogens with one attached hydrogen (secondary N) is 1. The molecule has 0 unspecified atom stereocenters. The van der Waals surface area contributed by atoms with E-state index in [0.717, 1.165) is 12.1 Å². The highest BCUT2D eigenvalue weighted by Crippen LogP contribution is 2.22. The van der Waals surface area contributed by atoms with Gasteiger partial charge in [0, 0.05) is 11.8 Å². The van der Waals surface area contributed by atoms with Crippen molar-refractivity contribution >= 4 is 21.7 Å². The van der Waals surface area contributed by atoms with Crippen molar-refractivity contribution in [3.8, 4) is 5.88 Å². The maximum Gasteiger partial charge on any atom is 0.266 e. The summed E-state index contributed by atoms with van der Waals surface area (Å²) in [5.74, 6) is -0.699. The fraction of sp³-hybridized carbons (Fsp3) is 0.167. The molecule has 0 amide bonds. The van der Waals surface area contributed by atoms with E-state index in [1.807, 2.05) is 0 Å². The van der Waals surface area contributed by atoms with Crippen molar-refractivity contribution in [3.05, 3.63) is 35.8 Å². The zero-order chi connectivity index (χ0) is 15.6. The van der Waals surface area contributed by atoms with Gasteiger partial charge >= 0.3 is 0 Å². The lowest BCUT2D eigenvalue weighted by Gasteiger charge is -2.10. The maximum absolute atomic E-state index is 13.2. The van der Waals surface area contributed by atoms with Crippen LogP contribution >= 0.6 is 0 Å². The molecule has 112 valence electrons. The minimum absolute atomic E-state index is 0.0801. The molecule has 1 heterocycles. The molecule has 21 heavy (non-hydrogen) atoms. The quantitative estimate of drug-likeness (QED) is 0.824. The number of halogens is 1. The number of benzene rings is 1. The van der Waals surface area contributed by atoms with Gasteiger partial charge in [0.05, 0.1) is 12.8 Å². The van der Waals surface area contributed by atoms with Crippen LogP contribution in [-0.4, -0.2) is 25.5 Å². The van der Waals surface area contributed by atoms with E-state index in [-0.39, 0.29) is 22.4 Å². The number of aryl methyl sites for hydroxylation is 1. The lowest BCUT2D eigenvalue weighted by molar-refractivity contribution is 0.397. The van der Waals surface area contributed by atoms with Crippen LogP contribution < -0.4 is 15.2 Å². The SMILES string of the molecule is COc1cc(C)nc(NS(=O)(=O)c2cc(F)ccc2N)n1. The van der Waals surface area contributed by atoms with E-state index >= 15 is 0 Å². The third-order valence-corrected chi connectivity index (χ3v) is 3.91. The minimum Gasteiger partial charge on any atom is -0.481 e. The zero-order valence-corrected chi connectivity index (χ0v) is 12.1. The van der Waals surface area contributed by atoms with E-state index in [2.05, 4.69) is 14.7 Å². The standard InChI is InChI=1S/C12H13FN4O3S/c1-7-5-11(20-2)16-12(15-7)17-21(18,19)10-6-8(13)3-4-9(10)14/h3-6H,14H2,1-2H3,(H,15,16,17). The Kier molecular flexibility index (Phi) is 3.94. The van der Waals surface area contributed by atoms with Gasteiger partial charge < -0.3 is 10.5 Å². The van der Waals surface area contributed by atoms with Crippen LogP contribution in [0.4, 0.5) is 16.0 Å². The molecule has 0 saturated heterocycles. The van der Waals surface area contributed by atoms with Gasteiger partial charge in [-0.3, -0.25) is 0 Å². The number of nitrogens with two attached hydrogens (primary N) is 1. The fourth-order valence-corrected chi connectivity index (χ4v) is 2.69. The van der Waals surface area contributed by atoms with Crippen molar-refractivity contribution in [2.24, 2.45) is 0 Å². The molecular formula is C12H13FN4O3S. The Labute approximate surface area is 121 Å². The highest BCUT2D eigenvalue weighted by Gasteiger charge is 2.20. The molecular weight excluding hydrogens is 299 g/mol. The molecule has 2 aromatic rings. The average Bonchev–Trinajstić information content (AvgIpc) is 2.40. The Balaban J connectivity index is 2.42. The summed E-state index contributed by atoms with van der Waals surface area (Å²) >= 11 is 0. The van der Waals surface area contributed by atoms with Crippen molar-refractivity contribution in [2.75, 3.05) is 17.6 Å². The molecule has 9 heteroatoms. The first kappa shape index (κ1) is 15.0. The predicted octanol–water partition coefficient (Wildman–Crippen LogP) is 1.32. The molecule has 0 atom stereocenters. The van der Waals surface area contributed by atoms with E-state index in [1.54, 1.807) is 6.92 Å². The van der Waals surface area contributed by atoms with Crippen LogP contribution in [0.5, 0.6) is 5.88 Å². The molecule has 1 aromatic heterocycles. The van der Waals surface area contributed by atoms with Gasteiger partial charge in [-0.15, -0.1) is 0 Å². The number of nitrogen functional groups attached to an aromatic ring is 1. The van der Waals surface area contributed by atoms with Crippen LogP contribution in [0.15, 0.2) is 29.2 Å². The number of methoxy groups -OCH3 is 1. The zero-order valence-electron chi connectivity index (χ0n) is 11.3. The summed E-state index contributed by atoms with van der Waals surface area (Å²) in [6, 6.07) is 4.60. The summed E-state index contributed by atoms with van der Waals surface area (Å²) in [5.41, 5.74) is 5.99. The van der Waals surface area contributed by atoms with E-state index in [9.17, 15) is 12.8 Å². The van der Waals surface area contributed by atoms with Crippen LogP contribution in [0.25, 0.3) is 0 Å². The van der Waals surface area contributed by atoms with Crippen molar-refractivity contribution in [3.63, 3.8) is 0 Å². The molecule has 0 radical (unpaired) electrons. The first-order valence-corrected chi connectivity index (χ1v) is 7.27. The number of hydrogen-bond donors (Lipinski definition) is 2. The van der Waals surface area contributed by atoms with E-state index in [1.165, 1.54) is 19.2 Å². The molecule has 0 fully saturated rings. The van der Waals surface area contributed by atoms with Gasteiger partial charge in [-0.25, -0.2) is 22.5 Å². The number of ether oxygens (including phenoxy) is 1. The number of sulfonamides is 1. The Hall–Kier alpha value is -2.42. The summed E-state index contributed by atoms with van der Waals surface area (Å²) in [6.45, 7) is 1.65. The second-order valence-electron chi connectivity index (χ2n) is 4.16. The van der Waals surface area contributed by atoms with E-state index in [0.29, 0.717) is 5.69 Å². The van der Waals surface area contributed by atoms with Gasteiger partial charge in [0.1, 0.15) is 10.7 Å². The number of aromatic nitrogens is 2. The number of nitrogens with zero attached hydrogens (tertiary/aromatic N) is 2. The molecule has 1 aromatic carbocycles. The van der Waals surface area contributed by atoms with Gasteiger partial charge in [0.25, 0.3) is 10.0 Å². The molecule has 0 aliphatic carbocycles. The lowest BCUT2D eigenvalue weighted by atomic mass is 10.3.